The fraction of sp³-hybridized carbons (Fsp3) is 0.258. The Bertz CT molecular complexity index is 1710. The fourth-order valence-electron chi connectivity index (χ4n) is 4.70. The van der Waals surface area contributed by atoms with Crippen LogP contribution >= 0.6 is 50.9 Å². The van der Waals surface area contributed by atoms with Crippen molar-refractivity contribution in [3.8, 4) is 11.5 Å². The van der Waals surface area contributed by atoms with E-state index in [0.29, 0.717) is 61.3 Å². The maximum absolute atomic E-state index is 14.5. The van der Waals surface area contributed by atoms with Crippen molar-refractivity contribution >= 4 is 62.8 Å². The van der Waals surface area contributed by atoms with Crippen molar-refractivity contribution in [3.63, 3.8) is 0 Å². The topological polar surface area (TPSA) is 87.5 Å². The Labute approximate surface area is 277 Å². The van der Waals surface area contributed by atoms with Crippen molar-refractivity contribution in [1.29, 1.82) is 0 Å². The third-order valence-electron chi connectivity index (χ3n) is 6.71. The van der Waals surface area contributed by atoms with E-state index in [2.05, 4.69) is 21.2 Å². The largest absolute Gasteiger partial charge is 0.490 e. The van der Waals surface area contributed by atoms with Gasteiger partial charge in [0, 0.05) is 22.0 Å². The maximum Gasteiger partial charge on any atom is 0.338 e. The molecular formula is C31H28BrCl2FN4O4S. The minimum atomic E-state index is -0.710. The molecule has 5 rings (SSSR count). The summed E-state index contributed by atoms with van der Waals surface area (Å²) in [5.41, 5.74) is 2.79. The Kier molecular flexibility index (Phi) is 10.4. The molecule has 0 bridgehead atoms. The van der Waals surface area contributed by atoms with E-state index in [1.165, 1.54) is 23.9 Å². The van der Waals surface area contributed by atoms with Gasteiger partial charge < -0.3 is 19.5 Å². The number of nitrogens with zero attached hydrogens (tertiary/aromatic N) is 3. The molecule has 0 radical (unpaired) electrons. The number of carbonyl (C=O) groups excluding carboxylic acids is 1. The second-order valence-corrected chi connectivity index (χ2v) is 12.2. The fourth-order valence-corrected chi connectivity index (χ4v) is 6.60. The summed E-state index contributed by atoms with van der Waals surface area (Å²) < 4.78 is 34.1. The standard InChI is InChI=1S/C31H28BrCl2FN4O4S/c1-4-41-25-14-19(13-21(32)28(25)43-15-20-23(34)11-8-12-24(20)35)27-26(29(40)42-5-2)17(3)36-30-37-31(38-39(27)30)44-16-18-9-6-7-10-22(18)33/h6-14,27H,4-5,15-16H2,1-3H3,(H,36,37,38). The quantitative estimate of drug-likeness (QED) is 0.122. The minimum absolute atomic E-state index is 0.122. The molecule has 8 nitrogen and oxygen atoms in total. The van der Waals surface area contributed by atoms with Gasteiger partial charge in [-0.2, -0.15) is 4.98 Å². The number of rotatable bonds is 11. The van der Waals surface area contributed by atoms with E-state index in [9.17, 15) is 9.18 Å². The molecule has 1 unspecified atom stereocenters. The number of ether oxygens (including phenoxy) is 3. The third kappa shape index (κ3) is 6.86. The number of nitrogens with one attached hydrogen (secondary N) is 1. The van der Waals surface area contributed by atoms with E-state index < -0.39 is 17.8 Å². The molecule has 13 heteroatoms. The molecule has 0 saturated carbocycles. The van der Waals surface area contributed by atoms with Crippen molar-refractivity contribution < 1.29 is 23.4 Å². The van der Waals surface area contributed by atoms with Crippen molar-refractivity contribution in [1.82, 2.24) is 14.8 Å². The SMILES string of the molecule is CCOC(=O)C1=C(C)Nc2nc(SCc3ccccc3Cl)nn2C1c1cc(Br)c(OCc2c(F)cccc2Cl)c(OCC)c1. The summed E-state index contributed by atoms with van der Waals surface area (Å²) in [7, 11) is 0. The molecule has 0 saturated heterocycles. The van der Waals surface area contributed by atoms with Crippen LogP contribution in [0.4, 0.5) is 10.3 Å². The van der Waals surface area contributed by atoms with Gasteiger partial charge in [-0.15, -0.1) is 5.10 Å². The normalized spacial score (nSPS) is 14.2. The average molecular weight is 722 g/mol. The van der Waals surface area contributed by atoms with Gasteiger partial charge in [0.25, 0.3) is 0 Å². The van der Waals surface area contributed by atoms with Crippen LogP contribution in [0.1, 0.15) is 43.5 Å². The van der Waals surface area contributed by atoms with Crippen LogP contribution in [-0.2, 0) is 21.9 Å². The molecule has 230 valence electrons. The Morgan fingerprint density at radius 1 is 1.09 bits per heavy atom. The third-order valence-corrected chi connectivity index (χ3v) is 8.91. The minimum Gasteiger partial charge on any atom is -0.490 e. The number of hydrogen-bond donors (Lipinski definition) is 1. The molecular weight excluding hydrogens is 694 g/mol. The first-order valence-electron chi connectivity index (χ1n) is 13.7. The van der Waals surface area contributed by atoms with E-state index >= 15 is 0 Å². The summed E-state index contributed by atoms with van der Waals surface area (Å²) in [5, 5.41) is 9.41. The number of aromatic nitrogens is 3. The van der Waals surface area contributed by atoms with Crippen LogP contribution in [0, 0.1) is 5.82 Å². The summed E-state index contributed by atoms with van der Waals surface area (Å²) in [4.78, 5) is 18.0. The molecule has 1 aromatic heterocycles. The number of thioether (sulfide) groups is 1. The van der Waals surface area contributed by atoms with Crippen LogP contribution in [0.2, 0.25) is 10.0 Å². The highest BCUT2D eigenvalue weighted by Gasteiger charge is 2.36. The van der Waals surface area contributed by atoms with Crippen LogP contribution in [0.3, 0.4) is 0 Å². The highest BCUT2D eigenvalue weighted by Crippen LogP contribution is 2.44. The van der Waals surface area contributed by atoms with Gasteiger partial charge in [-0.25, -0.2) is 13.9 Å². The van der Waals surface area contributed by atoms with Gasteiger partial charge in [0.1, 0.15) is 18.5 Å². The zero-order valence-corrected chi connectivity index (χ0v) is 27.9. The first-order chi connectivity index (χ1) is 21.2. The smallest absolute Gasteiger partial charge is 0.338 e. The van der Waals surface area contributed by atoms with Gasteiger partial charge in [0.15, 0.2) is 11.5 Å². The second-order valence-electron chi connectivity index (χ2n) is 9.58. The number of anilines is 1. The molecule has 1 atom stereocenters. The number of carbonyl (C=O) groups is 1. The van der Waals surface area contributed by atoms with E-state index in [4.69, 9.17) is 47.5 Å². The monoisotopic (exact) mass is 720 g/mol. The Hall–Kier alpha value is -3.25. The Morgan fingerprint density at radius 3 is 2.59 bits per heavy atom. The Balaban J connectivity index is 1.54. The number of allylic oxidation sites excluding steroid dienone is 1. The van der Waals surface area contributed by atoms with Gasteiger partial charge >= 0.3 is 5.97 Å². The summed E-state index contributed by atoms with van der Waals surface area (Å²) in [6.07, 6.45) is 0. The summed E-state index contributed by atoms with van der Waals surface area (Å²) in [6, 6.07) is 14.9. The highest BCUT2D eigenvalue weighted by molar-refractivity contribution is 9.10. The van der Waals surface area contributed by atoms with Crippen molar-refractivity contribution in [2.75, 3.05) is 18.5 Å². The molecule has 0 spiro atoms. The molecule has 0 fully saturated rings. The first-order valence-corrected chi connectivity index (χ1v) is 16.2. The molecule has 1 aliphatic heterocycles. The van der Waals surface area contributed by atoms with Crippen molar-refractivity contribution in [2.45, 2.75) is 44.3 Å². The molecule has 44 heavy (non-hydrogen) atoms. The molecule has 4 aromatic rings. The molecule has 1 N–H and O–H groups in total. The molecule has 1 aliphatic rings. The van der Waals surface area contributed by atoms with Crippen LogP contribution in [0.5, 0.6) is 11.5 Å². The zero-order valence-electron chi connectivity index (χ0n) is 24.0. The van der Waals surface area contributed by atoms with Crippen molar-refractivity contribution in [2.24, 2.45) is 0 Å². The van der Waals surface area contributed by atoms with Crippen LogP contribution in [-0.4, -0.2) is 33.9 Å². The molecule has 3 aromatic carbocycles. The average Bonchev–Trinajstić information content (AvgIpc) is 3.39. The number of esters is 1. The lowest BCUT2D eigenvalue weighted by molar-refractivity contribution is -0.139. The molecule has 0 aliphatic carbocycles. The van der Waals surface area contributed by atoms with E-state index in [1.807, 2.05) is 37.3 Å². The number of hydrogen-bond acceptors (Lipinski definition) is 8. The van der Waals surface area contributed by atoms with Gasteiger partial charge in [0.2, 0.25) is 11.1 Å². The van der Waals surface area contributed by atoms with Gasteiger partial charge in [-0.3, -0.25) is 0 Å². The highest BCUT2D eigenvalue weighted by atomic mass is 79.9. The number of fused-ring (bicyclic) bond motifs is 1. The number of benzene rings is 3. The zero-order chi connectivity index (χ0) is 31.4. The van der Waals surface area contributed by atoms with E-state index in [1.54, 1.807) is 30.7 Å². The predicted octanol–water partition coefficient (Wildman–Crippen LogP) is 8.61. The molecule has 2 heterocycles. The lowest BCUT2D eigenvalue weighted by Gasteiger charge is -2.29. The van der Waals surface area contributed by atoms with Gasteiger partial charge in [-0.1, -0.05) is 59.2 Å². The van der Waals surface area contributed by atoms with Crippen molar-refractivity contribution in [3.05, 3.63) is 103 Å². The lowest BCUT2D eigenvalue weighted by atomic mass is 9.95. The summed E-state index contributed by atoms with van der Waals surface area (Å²) in [5.74, 6) is 0.807. The number of halogens is 4. The molecule has 0 amide bonds. The van der Waals surface area contributed by atoms with Crippen LogP contribution in [0.25, 0.3) is 0 Å². The van der Waals surface area contributed by atoms with Gasteiger partial charge in [0.05, 0.1) is 28.3 Å². The maximum atomic E-state index is 14.5. The first kappa shape index (κ1) is 32.2. The predicted molar refractivity (Wildman–Crippen MR) is 173 cm³/mol. The van der Waals surface area contributed by atoms with E-state index in [0.717, 1.165) is 5.56 Å². The van der Waals surface area contributed by atoms with Crippen LogP contribution < -0.4 is 14.8 Å². The van der Waals surface area contributed by atoms with Gasteiger partial charge in [-0.05, 0) is 78.2 Å². The van der Waals surface area contributed by atoms with Crippen LogP contribution in [0.15, 0.2) is 75.5 Å². The Morgan fingerprint density at radius 2 is 1.86 bits per heavy atom. The summed E-state index contributed by atoms with van der Waals surface area (Å²) in [6.45, 7) is 5.79. The van der Waals surface area contributed by atoms with E-state index in [-0.39, 0.29) is 23.8 Å². The second kappa shape index (κ2) is 14.2. The summed E-state index contributed by atoms with van der Waals surface area (Å²) >= 11 is 17.6. The lowest BCUT2D eigenvalue weighted by Crippen LogP contribution is -2.29.